The molecule has 2 aliphatic heterocycles. The number of rotatable bonds is 6. The van der Waals surface area contributed by atoms with E-state index in [-0.39, 0.29) is 43.1 Å². The molecule has 2 rings (SSSR count). The maximum absolute atomic E-state index is 14.1. The van der Waals surface area contributed by atoms with Gasteiger partial charge in [-0.3, -0.25) is 28.8 Å². The van der Waals surface area contributed by atoms with Crippen molar-refractivity contribution in [2.75, 3.05) is 27.2 Å². The van der Waals surface area contributed by atoms with Crippen molar-refractivity contribution in [3.63, 3.8) is 0 Å². The van der Waals surface area contributed by atoms with Crippen molar-refractivity contribution in [3.8, 4) is 0 Å². The van der Waals surface area contributed by atoms with Crippen LogP contribution in [-0.2, 0) is 33.5 Å². The normalized spacial score (nSPS) is 30.2. The second kappa shape index (κ2) is 16.2. The van der Waals surface area contributed by atoms with Crippen molar-refractivity contribution in [2.45, 2.75) is 118 Å². The molecule has 0 spiro atoms. The van der Waals surface area contributed by atoms with Crippen molar-refractivity contribution in [3.05, 3.63) is 0 Å². The van der Waals surface area contributed by atoms with E-state index in [1.807, 2.05) is 48.5 Å². The molecule has 0 saturated carbocycles. The zero-order valence-electron chi connectivity index (χ0n) is 28.3. The number of fused-ring (bicyclic) bond motifs is 1. The fourth-order valence-corrected chi connectivity index (χ4v) is 5.93. The molecule has 2 N–H and O–H groups in total. The summed E-state index contributed by atoms with van der Waals surface area (Å²) in [5.74, 6) is -3.48. The van der Waals surface area contributed by atoms with Crippen molar-refractivity contribution in [2.24, 2.45) is 23.7 Å². The maximum atomic E-state index is 14.1. The Morgan fingerprint density at radius 2 is 1.45 bits per heavy atom. The molecule has 0 aromatic carbocycles. The number of likely N-dealkylation sites (N-methyl/N-ethyl adjacent to an activating group) is 2. The van der Waals surface area contributed by atoms with Gasteiger partial charge in [-0.05, 0) is 43.4 Å². The van der Waals surface area contributed by atoms with Gasteiger partial charge in [0, 0.05) is 27.2 Å². The molecule has 5 amide bonds. The van der Waals surface area contributed by atoms with Gasteiger partial charge >= 0.3 is 5.97 Å². The minimum Gasteiger partial charge on any atom is -0.452 e. The Bertz CT molecular complexity index is 1070. The average Bonchev–Trinajstić information content (AvgIpc) is 3.37. The summed E-state index contributed by atoms with van der Waals surface area (Å²) in [5.41, 5.74) is 0. The Morgan fingerprint density at radius 1 is 0.841 bits per heavy atom. The highest BCUT2D eigenvalue weighted by Crippen LogP contribution is 2.28. The second-order valence-electron chi connectivity index (χ2n) is 13.2. The van der Waals surface area contributed by atoms with E-state index in [1.54, 1.807) is 14.0 Å². The summed E-state index contributed by atoms with van der Waals surface area (Å²) in [6.45, 7) is 15.2. The molecule has 0 aliphatic carbocycles. The van der Waals surface area contributed by atoms with Gasteiger partial charge < -0.3 is 30.1 Å². The van der Waals surface area contributed by atoms with E-state index in [4.69, 9.17) is 4.74 Å². The first-order chi connectivity index (χ1) is 20.6. The third-order valence-electron chi connectivity index (χ3n) is 9.40. The fourth-order valence-electron chi connectivity index (χ4n) is 5.93. The van der Waals surface area contributed by atoms with Gasteiger partial charge in [-0.1, -0.05) is 61.3 Å². The van der Waals surface area contributed by atoms with Crippen LogP contribution in [0.2, 0.25) is 0 Å². The number of carbonyl (C=O) groups excluding carboxylic acids is 6. The van der Waals surface area contributed by atoms with Gasteiger partial charge in [-0.2, -0.15) is 0 Å². The van der Waals surface area contributed by atoms with E-state index in [9.17, 15) is 28.8 Å². The predicted molar refractivity (Wildman–Crippen MR) is 166 cm³/mol. The Morgan fingerprint density at radius 3 is 2.02 bits per heavy atom. The average molecular weight is 622 g/mol. The highest BCUT2D eigenvalue weighted by atomic mass is 16.5. The topological polar surface area (TPSA) is 145 Å². The van der Waals surface area contributed by atoms with E-state index in [0.717, 1.165) is 0 Å². The van der Waals surface area contributed by atoms with Crippen molar-refractivity contribution >= 4 is 35.5 Å². The molecule has 2 unspecified atom stereocenters. The van der Waals surface area contributed by atoms with Gasteiger partial charge in [0.15, 0.2) is 6.10 Å². The lowest BCUT2D eigenvalue weighted by molar-refractivity contribution is -0.162. The Hall–Kier alpha value is -3.18. The lowest BCUT2D eigenvalue weighted by Gasteiger charge is -2.39. The fraction of sp³-hybridized carbons (Fsp3) is 0.812. The third-order valence-corrected chi connectivity index (χ3v) is 9.40. The molecule has 0 radical (unpaired) electrons. The predicted octanol–water partition coefficient (Wildman–Crippen LogP) is 1.95. The van der Waals surface area contributed by atoms with E-state index in [0.29, 0.717) is 25.8 Å². The highest BCUT2D eigenvalue weighted by Gasteiger charge is 2.45. The largest absolute Gasteiger partial charge is 0.452 e. The minimum atomic E-state index is -1.09. The summed E-state index contributed by atoms with van der Waals surface area (Å²) in [7, 11) is 3.08. The van der Waals surface area contributed by atoms with Gasteiger partial charge in [0.1, 0.15) is 24.2 Å². The molecule has 250 valence electrons. The Balaban J connectivity index is 2.60. The Kier molecular flexibility index (Phi) is 13.6. The molecule has 2 heterocycles. The van der Waals surface area contributed by atoms with Gasteiger partial charge in [0.05, 0.1) is 6.42 Å². The molecular weight excluding hydrogens is 566 g/mol. The van der Waals surface area contributed by atoms with Crippen LogP contribution in [0.25, 0.3) is 0 Å². The number of amides is 5. The zero-order valence-corrected chi connectivity index (χ0v) is 28.3. The van der Waals surface area contributed by atoms with E-state index in [2.05, 4.69) is 10.6 Å². The molecule has 12 heteroatoms. The molecule has 8 atom stereocenters. The van der Waals surface area contributed by atoms with E-state index < -0.39 is 65.8 Å². The van der Waals surface area contributed by atoms with Gasteiger partial charge in [-0.15, -0.1) is 0 Å². The number of nitrogens with one attached hydrogen (secondary N) is 2. The number of nitrogens with zero attached hydrogens (tertiary/aromatic N) is 3. The molecule has 12 nitrogen and oxygen atoms in total. The second-order valence-corrected chi connectivity index (χ2v) is 13.2. The standard InChI is InChI=1S/C32H55N5O7/c1-11-19(5)25-31(42)36(10)27(20(6)12-2)32(43)35(9)22(8)28(39)33-15-13-24(38)44-23(17-18(3)4)30(41)37-16-14-21(7)26(37)29(40)34-25/h18-23,25-27H,11-17H2,1-10H3,(H,33,39)(H,34,40)/t19?,20?,21-,22-,23+,25+,26-,27-/m0/s1. The SMILES string of the molecule is CCC(C)[C@H]1C(=O)N(C)[C@@H](C)C(=O)NCCC(=O)O[C@H](CC(C)C)C(=O)N2CC[C@H](C)[C@H]2C(=O)N[C@H](C(C)CC)C(=O)N1C. The van der Waals surface area contributed by atoms with Crippen LogP contribution in [0.15, 0.2) is 0 Å². The number of carbonyl (C=O) groups is 6. The molecule has 2 aliphatic rings. The van der Waals surface area contributed by atoms with Crippen molar-refractivity contribution in [1.82, 2.24) is 25.3 Å². The monoisotopic (exact) mass is 621 g/mol. The summed E-state index contributed by atoms with van der Waals surface area (Å²) in [5, 5.41) is 5.63. The number of cyclic esters (lactones) is 1. The molecule has 2 fully saturated rings. The summed E-state index contributed by atoms with van der Waals surface area (Å²) in [6.07, 6.45) is 0.781. The van der Waals surface area contributed by atoms with Crippen LogP contribution in [-0.4, -0.2) is 108 Å². The number of esters is 1. The van der Waals surface area contributed by atoms with Crippen LogP contribution >= 0.6 is 0 Å². The molecular formula is C32H55N5O7. The number of hydrogen-bond acceptors (Lipinski definition) is 7. The summed E-state index contributed by atoms with van der Waals surface area (Å²) < 4.78 is 5.64. The van der Waals surface area contributed by atoms with Gasteiger partial charge in [0.2, 0.25) is 23.6 Å². The molecule has 0 aromatic heterocycles. The van der Waals surface area contributed by atoms with Crippen molar-refractivity contribution in [1.29, 1.82) is 0 Å². The highest BCUT2D eigenvalue weighted by molar-refractivity contribution is 5.96. The molecule has 0 aromatic rings. The Labute approximate surface area is 263 Å². The van der Waals surface area contributed by atoms with Crippen LogP contribution in [0, 0.1) is 23.7 Å². The first-order valence-corrected chi connectivity index (χ1v) is 16.2. The summed E-state index contributed by atoms with van der Waals surface area (Å²) in [6, 6.07) is -3.56. The number of hydrogen-bond donors (Lipinski definition) is 2. The van der Waals surface area contributed by atoms with Crippen LogP contribution in [0.3, 0.4) is 0 Å². The maximum Gasteiger partial charge on any atom is 0.308 e. The first-order valence-electron chi connectivity index (χ1n) is 16.2. The number of ether oxygens (including phenoxy) is 1. The molecule has 44 heavy (non-hydrogen) atoms. The van der Waals surface area contributed by atoms with E-state index in [1.165, 1.54) is 21.7 Å². The summed E-state index contributed by atoms with van der Waals surface area (Å²) >= 11 is 0. The third kappa shape index (κ3) is 8.72. The zero-order chi connectivity index (χ0) is 33.5. The van der Waals surface area contributed by atoms with Crippen LogP contribution in [0.1, 0.15) is 87.5 Å². The van der Waals surface area contributed by atoms with Crippen LogP contribution < -0.4 is 10.6 Å². The molecule has 2 saturated heterocycles. The van der Waals surface area contributed by atoms with E-state index >= 15 is 0 Å². The lowest BCUT2D eigenvalue weighted by Crippen LogP contribution is -2.61. The smallest absolute Gasteiger partial charge is 0.308 e. The van der Waals surface area contributed by atoms with Crippen LogP contribution in [0.5, 0.6) is 0 Å². The molecule has 0 bridgehead atoms. The van der Waals surface area contributed by atoms with Gasteiger partial charge in [0.25, 0.3) is 5.91 Å². The van der Waals surface area contributed by atoms with Gasteiger partial charge in [-0.25, -0.2) is 0 Å². The quantitative estimate of drug-likeness (QED) is 0.431. The minimum absolute atomic E-state index is 0.0284. The van der Waals surface area contributed by atoms with Crippen LogP contribution in [0.4, 0.5) is 0 Å². The summed E-state index contributed by atoms with van der Waals surface area (Å²) in [4.78, 5) is 85.7. The van der Waals surface area contributed by atoms with Crippen molar-refractivity contribution < 1.29 is 33.5 Å². The lowest BCUT2D eigenvalue weighted by atomic mass is 9.92. The first kappa shape index (κ1) is 37.0.